The molecule has 1 aliphatic heterocycles. The summed E-state index contributed by atoms with van der Waals surface area (Å²) in [5.74, 6) is -0.133. The van der Waals surface area contributed by atoms with E-state index in [9.17, 15) is 9.59 Å². The molecule has 0 radical (unpaired) electrons. The third-order valence-corrected chi connectivity index (χ3v) is 2.99. The van der Waals surface area contributed by atoms with E-state index < -0.39 is 0 Å². The first-order chi connectivity index (χ1) is 9.74. The second-order valence-electron chi connectivity index (χ2n) is 4.73. The van der Waals surface area contributed by atoms with E-state index >= 15 is 0 Å². The Morgan fingerprint density at radius 2 is 1.25 bits per heavy atom. The third kappa shape index (κ3) is 4.99. The van der Waals surface area contributed by atoms with Crippen LogP contribution in [-0.2, 0) is 22.7 Å². The zero-order chi connectivity index (χ0) is 14.2. The van der Waals surface area contributed by atoms with E-state index in [0.717, 1.165) is 11.1 Å². The Hall–Kier alpha value is -1.92. The van der Waals surface area contributed by atoms with E-state index in [1.807, 2.05) is 18.2 Å². The molecule has 6 heteroatoms. The maximum absolute atomic E-state index is 11.5. The van der Waals surface area contributed by atoms with E-state index in [-0.39, 0.29) is 24.9 Å². The Morgan fingerprint density at radius 1 is 0.750 bits per heavy atom. The van der Waals surface area contributed by atoms with Crippen molar-refractivity contribution in [2.45, 2.75) is 13.1 Å². The van der Waals surface area contributed by atoms with Crippen molar-refractivity contribution in [1.82, 2.24) is 21.3 Å². The van der Waals surface area contributed by atoms with Gasteiger partial charge in [-0.1, -0.05) is 24.3 Å². The molecule has 108 valence electrons. The van der Waals surface area contributed by atoms with E-state index in [2.05, 4.69) is 27.3 Å². The zero-order valence-electron chi connectivity index (χ0n) is 11.4. The van der Waals surface area contributed by atoms with Crippen LogP contribution in [0.4, 0.5) is 0 Å². The van der Waals surface area contributed by atoms with Gasteiger partial charge in [0.25, 0.3) is 0 Å². The molecule has 0 aliphatic carbocycles. The molecule has 2 rings (SSSR count). The van der Waals surface area contributed by atoms with Gasteiger partial charge in [0.1, 0.15) is 0 Å². The molecule has 1 heterocycles. The highest BCUT2D eigenvalue weighted by Crippen LogP contribution is 2.04. The summed E-state index contributed by atoms with van der Waals surface area (Å²) in [6.07, 6.45) is 0. The Morgan fingerprint density at radius 3 is 1.75 bits per heavy atom. The highest BCUT2D eigenvalue weighted by Gasteiger charge is 2.04. The number of amides is 2. The van der Waals surface area contributed by atoms with Crippen LogP contribution in [0.25, 0.3) is 0 Å². The van der Waals surface area contributed by atoms with Gasteiger partial charge in [-0.15, -0.1) is 0 Å². The van der Waals surface area contributed by atoms with Crippen molar-refractivity contribution in [3.8, 4) is 0 Å². The van der Waals surface area contributed by atoms with Crippen LogP contribution in [0.3, 0.4) is 0 Å². The van der Waals surface area contributed by atoms with E-state index in [4.69, 9.17) is 0 Å². The minimum absolute atomic E-state index is 0.0663. The number of carbonyl (C=O) groups is 2. The van der Waals surface area contributed by atoms with Crippen molar-refractivity contribution in [3.05, 3.63) is 35.4 Å². The fourth-order valence-corrected chi connectivity index (χ4v) is 2.02. The van der Waals surface area contributed by atoms with Crippen LogP contribution in [0, 0.1) is 0 Å². The van der Waals surface area contributed by atoms with Crippen molar-refractivity contribution in [3.63, 3.8) is 0 Å². The molecule has 20 heavy (non-hydrogen) atoms. The van der Waals surface area contributed by atoms with E-state index in [0.29, 0.717) is 26.2 Å². The second-order valence-corrected chi connectivity index (χ2v) is 4.73. The summed E-state index contributed by atoms with van der Waals surface area (Å²) in [5.41, 5.74) is 2.24. The molecule has 0 atom stereocenters. The average Bonchev–Trinajstić information content (AvgIpc) is 2.44. The molecule has 1 aromatic rings. The molecule has 0 saturated carbocycles. The lowest BCUT2D eigenvalue weighted by Crippen LogP contribution is -2.40. The van der Waals surface area contributed by atoms with E-state index in [1.54, 1.807) is 0 Å². The van der Waals surface area contributed by atoms with Gasteiger partial charge >= 0.3 is 0 Å². The molecule has 6 nitrogen and oxygen atoms in total. The summed E-state index contributed by atoms with van der Waals surface area (Å²) < 4.78 is 0. The number of benzene rings is 1. The zero-order valence-corrected chi connectivity index (χ0v) is 11.4. The fourth-order valence-electron chi connectivity index (χ4n) is 2.02. The molecule has 2 bridgehead atoms. The first-order valence-electron chi connectivity index (χ1n) is 6.77. The smallest absolute Gasteiger partial charge is 0.234 e. The Bertz CT molecular complexity index is 437. The van der Waals surface area contributed by atoms with Crippen LogP contribution in [0.15, 0.2) is 24.3 Å². The van der Waals surface area contributed by atoms with Gasteiger partial charge in [-0.2, -0.15) is 0 Å². The maximum atomic E-state index is 11.5. The number of hydrogen-bond donors (Lipinski definition) is 4. The van der Waals surface area contributed by atoms with Crippen LogP contribution in [-0.4, -0.2) is 38.0 Å². The molecule has 0 saturated heterocycles. The molecule has 1 aromatic carbocycles. The van der Waals surface area contributed by atoms with Crippen LogP contribution in [0.5, 0.6) is 0 Å². The summed E-state index contributed by atoms with van der Waals surface area (Å²) in [4.78, 5) is 23.1. The minimum Gasteiger partial charge on any atom is -0.353 e. The lowest BCUT2D eigenvalue weighted by Gasteiger charge is -2.07. The summed E-state index contributed by atoms with van der Waals surface area (Å²) in [6, 6.07) is 8.07. The van der Waals surface area contributed by atoms with Crippen molar-refractivity contribution < 1.29 is 9.59 Å². The van der Waals surface area contributed by atoms with Crippen molar-refractivity contribution in [2.75, 3.05) is 26.2 Å². The lowest BCUT2D eigenvalue weighted by atomic mass is 10.1. The molecule has 0 unspecified atom stereocenters. The van der Waals surface area contributed by atoms with Gasteiger partial charge in [-0.25, -0.2) is 0 Å². The highest BCUT2D eigenvalue weighted by molar-refractivity contribution is 5.79. The molecule has 1 aliphatic rings. The largest absolute Gasteiger partial charge is 0.353 e. The normalized spacial score (nSPS) is 18.4. The highest BCUT2D eigenvalue weighted by atomic mass is 16.2. The second kappa shape index (κ2) is 7.62. The van der Waals surface area contributed by atoms with Crippen molar-refractivity contribution in [1.29, 1.82) is 0 Å². The molecular weight excluding hydrogens is 256 g/mol. The number of hydrogen-bond acceptors (Lipinski definition) is 4. The topological polar surface area (TPSA) is 82.3 Å². The minimum atomic E-state index is -0.0663. The van der Waals surface area contributed by atoms with Crippen LogP contribution < -0.4 is 21.3 Å². The van der Waals surface area contributed by atoms with Gasteiger partial charge in [0.15, 0.2) is 0 Å². The Kier molecular flexibility index (Phi) is 5.52. The lowest BCUT2D eigenvalue weighted by molar-refractivity contribution is -0.122. The van der Waals surface area contributed by atoms with Crippen LogP contribution >= 0.6 is 0 Å². The Labute approximate surface area is 118 Å². The van der Waals surface area contributed by atoms with Crippen LogP contribution in [0.2, 0.25) is 0 Å². The van der Waals surface area contributed by atoms with Gasteiger partial charge < -0.3 is 21.3 Å². The van der Waals surface area contributed by atoms with Crippen molar-refractivity contribution in [2.24, 2.45) is 0 Å². The first-order valence-corrected chi connectivity index (χ1v) is 6.77. The molecule has 0 spiro atoms. The summed E-state index contributed by atoms with van der Waals surface area (Å²) in [7, 11) is 0. The summed E-state index contributed by atoms with van der Waals surface area (Å²) in [6.45, 7) is 2.74. The van der Waals surface area contributed by atoms with Gasteiger partial charge in [0.2, 0.25) is 11.8 Å². The maximum Gasteiger partial charge on any atom is 0.234 e. The number of nitrogens with one attached hydrogen (secondary N) is 4. The number of rotatable bonds is 0. The fraction of sp³-hybridized carbons (Fsp3) is 0.429. The predicted octanol–water partition coefficient (Wildman–Crippen LogP) is -0.888. The summed E-state index contributed by atoms with van der Waals surface area (Å²) >= 11 is 0. The third-order valence-electron chi connectivity index (χ3n) is 2.99. The molecule has 2 amide bonds. The van der Waals surface area contributed by atoms with Gasteiger partial charge in [0, 0.05) is 26.2 Å². The van der Waals surface area contributed by atoms with E-state index in [1.165, 1.54) is 0 Å². The standard InChI is InChI=1S/C14H20N4O2/c19-13-9-15-7-11-2-1-3-12(6-11)8-16-10-14(20)18-5-4-17-13/h1-3,6,15-16H,4-5,7-10H2,(H,17,19)(H,18,20). The molecular formula is C14H20N4O2. The number of fused-ring (bicyclic) bond motifs is 2. The van der Waals surface area contributed by atoms with Crippen LogP contribution in [0.1, 0.15) is 11.1 Å². The van der Waals surface area contributed by atoms with Gasteiger partial charge in [-0.3, -0.25) is 9.59 Å². The van der Waals surface area contributed by atoms with Gasteiger partial charge in [-0.05, 0) is 11.1 Å². The SMILES string of the molecule is O=C1CNCc2cccc(c2)CNCC(=O)NCCN1. The molecule has 0 aromatic heterocycles. The predicted molar refractivity (Wildman–Crippen MR) is 75.9 cm³/mol. The average molecular weight is 276 g/mol. The van der Waals surface area contributed by atoms with Crippen molar-refractivity contribution >= 4 is 11.8 Å². The first kappa shape index (κ1) is 14.5. The Balaban J connectivity index is 1.98. The molecule has 0 fully saturated rings. The molecule has 4 N–H and O–H groups in total. The number of carbonyl (C=O) groups excluding carboxylic acids is 2. The quantitative estimate of drug-likeness (QED) is 0.495. The summed E-state index contributed by atoms with van der Waals surface area (Å²) in [5, 5.41) is 11.7. The monoisotopic (exact) mass is 276 g/mol. The van der Waals surface area contributed by atoms with Gasteiger partial charge in [0.05, 0.1) is 13.1 Å².